The van der Waals surface area contributed by atoms with Gasteiger partial charge in [0.05, 0.1) is 24.7 Å². The van der Waals surface area contributed by atoms with E-state index < -0.39 is 19.5 Å². The molecule has 3 aliphatic heterocycles. The quantitative estimate of drug-likeness (QED) is 0.212. The van der Waals surface area contributed by atoms with Crippen LogP contribution in [0.4, 0.5) is 4.79 Å². The van der Waals surface area contributed by atoms with E-state index in [2.05, 4.69) is 58.6 Å². The van der Waals surface area contributed by atoms with Crippen LogP contribution >= 0.6 is 35.0 Å². The normalized spacial score (nSPS) is 23.6. The summed E-state index contributed by atoms with van der Waals surface area (Å²) in [6.07, 6.45) is -0.687. The molecule has 51 heavy (non-hydrogen) atoms. The van der Waals surface area contributed by atoms with E-state index in [1.807, 2.05) is 69.0 Å². The number of amides is 2. The lowest BCUT2D eigenvalue weighted by molar-refractivity contribution is -0.129. The molecule has 0 spiro atoms. The first-order chi connectivity index (χ1) is 24.0. The first kappa shape index (κ1) is 39.7. The molecule has 1 saturated heterocycles. The number of fused-ring (bicyclic) bond motifs is 1. The Kier molecular flexibility index (Phi) is 12.0. The third kappa shape index (κ3) is 7.91. The van der Waals surface area contributed by atoms with E-state index in [0.717, 1.165) is 40.1 Å². The van der Waals surface area contributed by atoms with Crippen molar-refractivity contribution in [2.24, 2.45) is 10.9 Å². The van der Waals surface area contributed by atoms with Crippen molar-refractivity contribution in [3.63, 3.8) is 0 Å². The van der Waals surface area contributed by atoms with E-state index in [0.29, 0.717) is 34.6 Å². The lowest BCUT2D eigenvalue weighted by Gasteiger charge is -2.38. The number of likely N-dealkylation sites (tertiary alicyclic amines) is 1. The first-order valence-electron chi connectivity index (χ1n) is 18.3. The van der Waals surface area contributed by atoms with E-state index in [-0.39, 0.29) is 36.1 Å². The Hall–Kier alpha value is -2.50. The summed E-state index contributed by atoms with van der Waals surface area (Å²) < 4.78 is 12.9. The molecule has 2 amide bonds. The monoisotopic (exact) mass is 772 g/mol. The summed E-state index contributed by atoms with van der Waals surface area (Å²) >= 11 is 14.1. The largest absolute Gasteiger partial charge is 0.444 e. The Morgan fingerprint density at radius 2 is 1.55 bits per heavy atom. The van der Waals surface area contributed by atoms with Gasteiger partial charge in [0.2, 0.25) is 0 Å². The Morgan fingerprint density at radius 3 is 2.06 bits per heavy atom. The molecule has 8 nitrogen and oxygen atoms in total. The number of likely N-dealkylation sites (N-methyl/N-ethyl adjacent to an activating group) is 1. The van der Waals surface area contributed by atoms with Gasteiger partial charge in [-0.15, -0.1) is 0 Å². The van der Waals surface area contributed by atoms with E-state index >= 15 is 4.79 Å². The second-order valence-electron chi connectivity index (χ2n) is 15.3. The van der Waals surface area contributed by atoms with Crippen molar-refractivity contribution >= 4 is 60.4 Å². The Balaban J connectivity index is 1.56. The van der Waals surface area contributed by atoms with Crippen LogP contribution in [0.2, 0.25) is 28.2 Å². The molecule has 12 heteroatoms. The Morgan fingerprint density at radius 1 is 0.980 bits per heavy atom. The molecule has 0 radical (unpaired) electrons. The van der Waals surface area contributed by atoms with Gasteiger partial charge >= 0.3 is 6.09 Å². The summed E-state index contributed by atoms with van der Waals surface area (Å²) in [6.45, 7) is 21.9. The highest BCUT2D eigenvalue weighted by atomic mass is 35.5. The molecule has 3 aliphatic rings. The fourth-order valence-corrected chi connectivity index (χ4v) is 12.2. The molecular formula is C39H54Cl2N4O4SSi. The van der Waals surface area contributed by atoms with Crippen molar-refractivity contribution in [3.8, 4) is 0 Å². The molecule has 2 aromatic rings. The van der Waals surface area contributed by atoms with Gasteiger partial charge in [0.1, 0.15) is 16.0 Å². The molecule has 5 rings (SSSR count). The number of rotatable bonds is 11. The Bertz CT molecular complexity index is 1650. The number of aliphatic imine (C=N–C) groups is 1. The standard InChI is InChI=1S/C39H54Cl2N4O4SSi/c1-11-44(30-23-43(37(47)48-38(7,8)9)24-31(30)49-51(12-2,13-3)14-4)35(46)33-32(25(5)6)45-34(26-15-19-28(40)20-16-26)39(10,42-36(45)50-33)27-17-21-29(41)22-18-27/h15-22,25,30-31,34H,11-14,23-24H2,1-10H3/t30?,31-,34-,39+/m1/s1. The van der Waals surface area contributed by atoms with Crippen LogP contribution in [0.15, 0.2) is 64.1 Å². The molecule has 0 aliphatic carbocycles. The van der Waals surface area contributed by atoms with Crippen molar-refractivity contribution in [1.29, 1.82) is 0 Å². The van der Waals surface area contributed by atoms with Gasteiger partial charge in [0, 0.05) is 28.8 Å². The van der Waals surface area contributed by atoms with Crippen LogP contribution in [0.1, 0.15) is 86.4 Å². The number of allylic oxidation sites excluding steroid dienone is 1. The van der Waals surface area contributed by atoms with E-state index in [4.69, 9.17) is 37.4 Å². The van der Waals surface area contributed by atoms with Gasteiger partial charge in [-0.05, 0) is 106 Å². The zero-order chi connectivity index (χ0) is 37.5. The maximum absolute atomic E-state index is 15.0. The fraction of sp³-hybridized carbons (Fsp3) is 0.564. The smallest absolute Gasteiger partial charge is 0.410 e. The third-order valence-electron chi connectivity index (χ3n) is 10.6. The number of benzene rings is 2. The van der Waals surface area contributed by atoms with Crippen LogP contribution < -0.4 is 0 Å². The SMILES string of the molecule is CCN(C(=O)C1=C(C(C)C)N2C(=N[C@@](C)(c3ccc(Cl)cc3)[C@H]2c2ccc(Cl)cc2)S1)C1CN(C(=O)OC(C)(C)C)C[C@H]1O[Si](CC)(CC)CC. The summed E-state index contributed by atoms with van der Waals surface area (Å²) in [5.41, 5.74) is 1.73. The molecule has 0 N–H and O–H groups in total. The summed E-state index contributed by atoms with van der Waals surface area (Å²) in [5, 5.41) is 2.11. The highest BCUT2D eigenvalue weighted by molar-refractivity contribution is 8.18. The van der Waals surface area contributed by atoms with Crippen LogP contribution in [0.5, 0.6) is 0 Å². The van der Waals surface area contributed by atoms with Gasteiger partial charge in [0.15, 0.2) is 13.5 Å². The van der Waals surface area contributed by atoms with E-state index in [9.17, 15) is 4.79 Å². The highest BCUT2D eigenvalue weighted by Crippen LogP contribution is 2.56. The van der Waals surface area contributed by atoms with Crippen molar-refractivity contribution in [2.45, 2.75) is 117 Å². The maximum Gasteiger partial charge on any atom is 0.410 e. The molecule has 278 valence electrons. The topological polar surface area (TPSA) is 74.7 Å². The number of ether oxygens (including phenoxy) is 1. The summed E-state index contributed by atoms with van der Waals surface area (Å²) in [7, 11) is -2.09. The second-order valence-corrected chi connectivity index (χ2v) is 21.9. The number of halogens is 2. The summed E-state index contributed by atoms with van der Waals surface area (Å²) in [5.74, 6) is -0.0489. The number of thioether (sulfide) groups is 1. The number of carbonyl (C=O) groups is 2. The van der Waals surface area contributed by atoms with Crippen molar-refractivity contribution in [3.05, 3.63) is 80.3 Å². The molecule has 2 aromatic carbocycles. The first-order valence-corrected chi connectivity index (χ1v) is 22.4. The number of carbonyl (C=O) groups excluding carboxylic acids is 2. The van der Waals surface area contributed by atoms with E-state index in [1.54, 1.807) is 4.90 Å². The van der Waals surface area contributed by atoms with Gasteiger partial charge < -0.3 is 23.9 Å². The lowest BCUT2D eigenvalue weighted by Crippen LogP contribution is -2.52. The predicted octanol–water partition coefficient (Wildman–Crippen LogP) is 10.1. The Labute approximate surface area is 320 Å². The van der Waals surface area contributed by atoms with E-state index in [1.165, 1.54) is 11.8 Å². The number of nitrogens with zero attached hydrogens (tertiary/aromatic N) is 4. The molecule has 3 heterocycles. The maximum atomic E-state index is 15.0. The van der Waals surface area contributed by atoms with Crippen LogP contribution in [0.25, 0.3) is 0 Å². The molecule has 0 bridgehead atoms. The fourth-order valence-electron chi connectivity index (χ4n) is 7.69. The number of amidine groups is 1. The van der Waals surface area contributed by atoms with Crippen molar-refractivity contribution < 1.29 is 18.8 Å². The molecule has 1 unspecified atom stereocenters. The minimum absolute atomic E-state index is 0.0134. The minimum atomic E-state index is -2.09. The van der Waals surface area contributed by atoms with Gasteiger partial charge in [-0.25, -0.2) is 9.79 Å². The van der Waals surface area contributed by atoms with Crippen LogP contribution in [-0.4, -0.2) is 77.6 Å². The molecule has 0 aromatic heterocycles. The predicted molar refractivity (Wildman–Crippen MR) is 213 cm³/mol. The second kappa shape index (κ2) is 15.5. The number of hydrogen-bond acceptors (Lipinski definition) is 7. The average Bonchev–Trinajstić information content (AvgIpc) is 3.74. The van der Waals surface area contributed by atoms with Crippen molar-refractivity contribution in [2.75, 3.05) is 19.6 Å². The van der Waals surface area contributed by atoms with Gasteiger partial charge in [-0.3, -0.25) is 4.79 Å². The van der Waals surface area contributed by atoms with Gasteiger partial charge in [0.25, 0.3) is 5.91 Å². The average molecular weight is 774 g/mol. The molecule has 0 saturated carbocycles. The van der Waals surface area contributed by atoms with Crippen molar-refractivity contribution in [1.82, 2.24) is 14.7 Å². The molecule has 4 atom stereocenters. The lowest BCUT2D eigenvalue weighted by atomic mass is 9.81. The van der Waals surface area contributed by atoms with Crippen LogP contribution in [-0.2, 0) is 19.5 Å². The number of hydrogen-bond donors (Lipinski definition) is 0. The van der Waals surface area contributed by atoms with Crippen LogP contribution in [0, 0.1) is 5.92 Å². The highest BCUT2D eigenvalue weighted by Gasteiger charge is 2.54. The van der Waals surface area contributed by atoms with Gasteiger partial charge in [-0.2, -0.15) is 0 Å². The minimum Gasteiger partial charge on any atom is -0.444 e. The zero-order valence-corrected chi connectivity index (χ0v) is 35.1. The zero-order valence-electron chi connectivity index (χ0n) is 31.8. The molecular weight excluding hydrogens is 720 g/mol. The van der Waals surface area contributed by atoms with Gasteiger partial charge in [-0.1, -0.05) is 82.1 Å². The summed E-state index contributed by atoms with van der Waals surface area (Å²) in [6, 6.07) is 18.2. The van der Waals surface area contributed by atoms with Crippen LogP contribution in [0.3, 0.4) is 0 Å². The third-order valence-corrected chi connectivity index (χ3v) is 16.8. The summed E-state index contributed by atoms with van der Waals surface area (Å²) in [4.78, 5) is 40.5. The molecule has 1 fully saturated rings.